The standard InChI is InChI=1S/C15H15N3O2S/c1-21-13-5-3-2-4-12(13)14(19)17-10-6-8-11(9-7-10)18-15(16)20/h2-9H,1H3,(H,17,19)(H3,16,18,20). The van der Waals surface area contributed by atoms with Gasteiger partial charge in [-0.2, -0.15) is 0 Å². The van der Waals surface area contributed by atoms with Crippen LogP contribution in [0, 0.1) is 0 Å². The van der Waals surface area contributed by atoms with Crippen LogP contribution in [0.3, 0.4) is 0 Å². The third-order valence-electron chi connectivity index (χ3n) is 2.76. The van der Waals surface area contributed by atoms with E-state index in [1.807, 2.05) is 24.5 Å². The number of primary amides is 1. The van der Waals surface area contributed by atoms with E-state index in [-0.39, 0.29) is 5.91 Å². The van der Waals surface area contributed by atoms with Crippen molar-refractivity contribution < 1.29 is 9.59 Å². The molecule has 0 fully saturated rings. The van der Waals surface area contributed by atoms with Gasteiger partial charge in [0.25, 0.3) is 5.91 Å². The first-order valence-corrected chi connectivity index (χ1v) is 7.43. The first-order chi connectivity index (χ1) is 10.1. The number of hydrogen-bond donors (Lipinski definition) is 3. The van der Waals surface area contributed by atoms with Crippen LogP contribution in [0.15, 0.2) is 53.4 Å². The Labute approximate surface area is 126 Å². The average molecular weight is 301 g/mol. The van der Waals surface area contributed by atoms with Gasteiger partial charge >= 0.3 is 6.03 Å². The normalized spacial score (nSPS) is 9.95. The van der Waals surface area contributed by atoms with Crippen molar-refractivity contribution in [2.24, 2.45) is 5.73 Å². The Hall–Kier alpha value is -2.47. The number of nitrogens with one attached hydrogen (secondary N) is 2. The predicted octanol–water partition coefficient (Wildman–Crippen LogP) is 3.15. The number of hydrogen-bond acceptors (Lipinski definition) is 3. The molecular weight excluding hydrogens is 286 g/mol. The van der Waals surface area contributed by atoms with E-state index in [1.165, 1.54) is 11.8 Å². The second kappa shape index (κ2) is 6.81. The number of carbonyl (C=O) groups is 2. The number of amides is 3. The maximum absolute atomic E-state index is 12.2. The molecule has 0 aliphatic heterocycles. The number of anilines is 2. The van der Waals surface area contributed by atoms with Crippen LogP contribution in [-0.4, -0.2) is 18.2 Å². The summed E-state index contributed by atoms with van der Waals surface area (Å²) in [6, 6.07) is 13.5. The van der Waals surface area contributed by atoms with Gasteiger partial charge < -0.3 is 16.4 Å². The molecule has 2 aromatic carbocycles. The lowest BCUT2D eigenvalue weighted by atomic mass is 10.2. The molecule has 2 rings (SSSR count). The SMILES string of the molecule is CSc1ccccc1C(=O)Nc1ccc(NC(N)=O)cc1. The molecule has 108 valence electrons. The number of carbonyl (C=O) groups excluding carboxylic acids is 2. The minimum Gasteiger partial charge on any atom is -0.351 e. The van der Waals surface area contributed by atoms with Gasteiger partial charge in [0, 0.05) is 16.3 Å². The zero-order valence-electron chi connectivity index (χ0n) is 11.4. The molecule has 0 saturated carbocycles. The minimum absolute atomic E-state index is 0.171. The predicted molar refractivity (Wildman–Crippen MR) is 85.8 cm³/mol. The van der Waals surface area contributed by atoms with Crippen LogP contribution >= 0.6 is 11.8 Å². The maximum atomic E-state index is 12.2. The zero-order chi connectivity index (χ0) is 15.2. The Balaban J connectivity index is 2.10. The van der Waals surface area contributed by atoms with Crippen LogP contribution in [-0.2, 0) is 0 Å². The van der Waals surface area contributed by atoms with E-state index in [2.05, 4.69) is 10.6 Å². The highest BCUT2D eigenvalue weighted by Gasteiger charge is 2.10. The molecule has 5 nitrogen and oxygen atoms in total. The van der Waals surface area contributed by atoms with Crippen LogP contribution in [0.5, 0.6) is 0 Å². The molecule has 0 radical (unpaired) electrons. The van der Waals surface area contributed by atoms with Crippen molar-refractivity contribution in [1.82, 2.24) is 0 Å². The van der Waals surface area contributed by atoms with Crippen molar-refractivity contribution in [2.75, 3.05) is 16.9 Å². The van der Waals surface area contributed by atoms with Crippen LogP contribution in [0.25, 0.3) is 0 Å². The molecule has 21 heavy (non-hydrogen) atoms. The molecule has 6 heteroatoms. The highest BCUT2D eigenvalue weighted by Crippen LogP contribution is 2.21. The lowest BCUT2D eigenvalue weighted by Crippen LogP contribution is -2.19. The monoisotopic (exact) mass is 301 g/mol. The summed E-state index contributed by atoms with van der Waals surface area (Å²) in [4.78, 5) is 23.9. The summed E-state index contributed by atoms with van der Waals surface area (Å²) >= 11 is 1.52. The molecule has 3 amide bonds. The molecule has 0 saturated heterocycles. The van der Waals surface area contributed by atoms with Gasteiger partial charge in [0.15, 0.2) is 0 Å². The van der Waals surface area contributed by atoms with Gasteiger partial charge in [-0.05, 0) is 42.7 Å². The van der Waals surface area contributed by atoms with E-state index in [0.29, 0.717) is 16.9 Å². The van der Waals surface area contributed by atoms with Gasteiger partial charge in [-0.15, -0.1) is 11.8 Å². The van der Waals surface area contributed by atoms with E-state index >= 15 is 0 Å². The Morgan fingerprint density at radius 3 is 2.10 bits per heavy atom. The molecule has 0 bridgehead atoms. The largest absolute Gasteiger partial charge is 0.351 e. The summed E-state index contributed by atoms with van der Waals surface area (Å²) in [5, 5.41) is 5.28. The van der Waals surface area contributed by atoms with Gasteiger partial charge in [-0.1, -0.05) is 12.1 Å². The fourth-order valence-corrected chi connectivity index (χ4v) is 2.41. The summed E-state index contributed by atoms with van der Waals surface area (Å²) in [6.07, 6.45) is 1.93. The highest BCUT2D eigenvalue weighted by atomic mass is 32.2. The summed E-state index contributed by atoms with van der Waals surface area (Å²) < 4.78 is 0. The van der Waals surface area contributed by atoms with Crippen molar-refractivity contribution in [2.45, 2.75) is 4.90 Å². The Kier molecular flexibility index (Phi) is 4.84. The zero-order valence-corrected chi connectivity index (χ0v) is 12.2. The summed E-state index contributed by atoms with van der Waals surface area (Å²) in [7, 11) is 0. The van der Waals surface area contributed by atoms with Gasteiger partial charge in [0.2, 0.25) is 0 Å². The second-order valence-electron chi connectivity index (χ2n) is 4.22. The van der Waals surface area contributed by atoms with Crippen molar-refractivity contribution in [1.29, 1.82) is 0 Å². The number of rotatable bonds is 4. The third kappa shape index (κ3) is 4.00. The molecule has 2 aromatic rings. The number of nitrogens with two attached hydrogens (primary N) is 1. The molecule has 0 spiro atoms. The topological polar surface area (TPSA) is 84.2 Å². The van der Waals surface area contributed by atoms with Crippen LogP contribution < -0.4 is 16.4 Å². The maximum Gasteiger partial charge on any atom is 0.316 e. The average Bonchev–Trinajstić information content (AvgIpc) is 2.48. The van der Waals surface area contributed by atoms with Crippen molar-refractivity contribution >= 4 is 35.1 Å². The first-order valence-electron chi connectivity index (χ1n) is 6.21. The number of thioether (sulfide) groups is 1. The minimum atomic E-state index is -0.624. The Morgan fingerprint density at radius 2 is 1.52 bits per heavy atom. The molecule has 0 unspecified atom stereocenters. The molecule has 0 aliphatic carbocycles. The Bertz CT molecular complexity index is 656. The molecule has 0 aliphatic rings. The first kappa shape index (κ1) is 14.9. The molecule has 0 heterocycles. The number of urea groups is 1. The third-order valence-corrected chi connectivity index (χ3v) is 3.56. The van der Waals surface area contributed by atoms with Gasteiger partial charge in [0.1, 0.15) is 0 Å². The van der Waals surface area contributed by atoms with E-state index in [9.17, 15) is 9.59 Å². The summed E-state index contributed by atoms with van der Waals surface area (Å²) in [6.45, 7) is 0. The lowest BCUT2D eigenvalue weighted by Gasteiger charge is -2.09. The van der Waals surface area contributed by atoms with Gasteiger partial charge in [-0.3, -0.25) is 4.79 Å². The van der Waals surface area contributed by atoms with Gasteiger partial charge in [0.05, 0.1) is 5.56 Å². The van der Waals surface area contributed by atoms with Crippen LogP contribution in [0.1, 0.15) is 10.4 Å². The highest BCUT2D eigenvalue weighted by molar-refractivity contribution is 7.98. The second-order valence-corrected chi connectivity index (χ2v) is 5.07. The van der Waals surface area contributed by atoms with E-state index < -0.39 is 6.03 Å². The Morgan fingerprint density at radius 1 is 0.952 bits per heavy atom. The van der Waals surface area contributed by atoms with Gasteiger partial charge in [-0.25, -0.2) is 4.79 Å². The van der Waals surface area contributed by atoms with Crippen LogP contribution in [0.4, 0.5) is 16.2 Å². The molecule has 0 aromatic heterocycles. The van der Waals surface area contributed by atoms with Crippen molar-refractivity contribution in [3.05, 3.63) is 54.1 Å². The summed E-state index contributed by atoms with van der Waals surface area (Å²) in [5.41, 5.74) is 6.88. The fraction of sp³-hybridized carbons (Fsp3) is 0.0667. The molecule has 0 atom stereocenters. The van der Waals surface area contributed by atoms with E-state index in [1.54, 1.807) is 30.3 Å². The van der Waals surface area contributed by atoms with E-state index in [0.717, 1.165) is 4.90 Å². The quantitative estimate of drug-likeness (QED) is 0.758. The fourth-order valence-electron chi connectivity index (χ4n) is 1.81. The summed E-state index contributed by atoms with van der Waals surface area (Å²) in [5.74, 6) is -0.171. The smallest absolute Gasteiger partial charge is 0.316 e. The van der Waals surface area contributed by atoms with E-state index in [4.69, 9.17) is 5.73 Å². The van der Waals surface area contributed by atoms with Crippen LogP contribution in [0.2, 0.25) is 0 Å². The van der Waals surface area contributed by atoms with Crippen molar-refractivity contribution in [3.8, 4) is 0 Å². The number of benzene rings is 2. The molecule has 4 N–H and O–H groups in total. The molecular formula is C15H15N3O2S. The lowest BCUT2D eigenvalue weighted by molar-refractivity contribution is 0.102. The van der Waals surface area contributed by atoms with Crippen molar-refractivity contribution in [3.63, 3.8) is 0 Å².